The quantitative estimate of drug-likeness (QED) is 0.473. The van der Waals surface area contributed by atoms with Crippen molar-refractivity contribution in [3.63, 3.8) is 0 Å². The van der Waals surface area contributed by atoms with E-state index in [9.17, 15) is 9.59 Å². The molecule has 2 atom stereocenters. The van der Waals surface area contributed by atoms with Crippen LogP contribution < -0.4 is 4.90 Å². The van der Waals surface area contributed by atoms with Crippen LogP contribution in [0.15, 0.2) is 72.8 Å². The number of carbonyl (C=O) groups is 2. The van der Waals surface area contributed by atoms with Crippen LogP contribution in [0.1, 0.15) is 58.6 Å². The number of anilines is 1. The van der Waals surface area contributed by atoms with Gasteiger partial charge in [-0.15, -0.1) is 0 Å². The van der Waals surface area contributed by atoms with Gasteiger partial charge in [0.05, 0.1) is 12.0 Å². The average Bonchev–Trinajstić information content (AvgIpc) is 3.59. The molecule has 3 aromatic carbocycles. The zero-order valence-corrected chi connectivity index (χ0v) is 19.8. The molecule has 1 saturated heterocycles. The summed E-state index contributed by atoms with van der Waals surface area (Å²) in [4.78, 5) is 30.8. The highest BCUT2D eigenvalue weighted by Crippen LogP contribution is 2.66. The second-order valence-corrected chi connectivity index (χ2v) is 10.2. The first-order valence-corrected chi connectivity index (χ1v) is 12.5. The summed E-state index contributed by atoms with van der Waals surface area (Å²) in [6.45, 7) is 2.12. The van der Waals surface area contributed by atoms with Crippen LogP contribution in [-0.2, 0) is 16.8 Å². The third-order valence-electron chi connectivity index (χ3n) is 7.69. The number of hydrogen-bond donors (Lipinski definition) is 0. The van der Waals surface area contributed by atoms with Gasteiger partial charge < -0.3 is 9.80 Å². The number of benzene rings is 3. The molecule has 34 heavy (non-hydrogen) atoms. The van der Waals surface area contributed by atoms with Crippen LogP contribution in [0.3, 0.4) is 0 Å². The first-order chi connectivity index (χ1) is 16.6. The van der Waals surface area contributed by atoms with Crippen LogP contribution >= 0.6 is 11.6 Å². The molecule has 1 spiro atoms. The van der Waals surface area contributed by atoms with Crippen LogP contribution in [-0.4, -0.2) is 29.8 Å². The summed E-state index contributed by atoms with van der Waals surface area (Å²) in [6, 6.07) is 23.8. The van der Waals surface area contributed by atoms with Crippen LogP contribution in [0, 0.1) is 0 Å². The molecule has 3 aliphatic rings. The first kappa shape index (κ1) is 21.4. The normalized spacial score (nSPS) is 23.3. The molecular weight excluding hydrogens is 444 g/mol. The lowest BCUT2D eigenvalue weighted by Crippen LogP contribution is -2.35. The molecule has 3 aromatic rings. The van der Waals surface area contributed by atoms with Gasteiger partial charge in [0.15, 0.2) is 0 Å². The van der Waals surface area contributed by atoms with Gasteiger partial charge >= 0.3 is 0 Å². The van der Waals surface area contributed by atoms with E-state index in [2.05, 4.69) is 6.07 Å². The maximum Gasteiger partial charge on any atom is 0.253 e. The molecule has 4 nitrogen and oxygen atoms in total. The fourth-order valence-corrected chi connectivity index (χ4v) is 5.99. The molecule has 0 radical (unpaired) electrons. The second-order valence-electron chi connectivity index (χ2n) is 9.74. The van der Waals surface area contributed by atoms with E-state index >= 15 is 0 Å². The van der Waals surface area contributed by atoms with Gasteiger partial charge in [-0.1, -0.05) is 54.1 Å². The summed E-state index contributed by atoms with van der Waals surface area (Å²) in [7, 11) is 0. The summed E-state index contributed by atoms with van der Waals surface area (Å²) in [5.41, 5.74) is 4.44. The topological polar surface area (TPSA) is 40.6 Å². The van der Waals surface area contributed by atoms with E-state index < -0.39 is 5.41 Å². The van der Waals surface area contributed by atoms with Crippen molar-refractivity contribution >= 4 is 29.1 Å². The van der Waals surface area contributed by atoms with E-state index in [1.165, 1.54) is 6.42 Å². The van der Waals surface area contributed by atoms with Crippen LogP contribution in [0.25, 0.3) is 0 Å². The van der Waals surface area contributed by atoms with Crippen LogP contribution in [0.2, 0.25) is 5.02 Å². The zero-order chi connectivity index (χ0) is 23.3. The van der Waals surface area contributed by atoms with E-state index in [4.69, 9.17) is 11.6 Å². The molecule has 2 fully saturated rings. The lowest BCUT2D eigenvalue weighted by Gasteiger charge is -2.27. The fourth-order valence-electron chi connectivity index (χ4n) is 5.87. The molecule has 5 heteroatoms. The van der Waals surface area contributed by atoms with Gasteiger partial charge in [0.2, 0.25) is 5.91 Å². The maximum absolute atomic E-state index is 13.9. The summed E-state index contributed by atoms with van der Waals surface area (Å²) < 4.78 is 0. The van der Waals surface area contributed by atoms with Crippen LogP contribution in [0.4, 0.5) is 5.69 Å². The Bertz CT molecular complexity index is 1270. The summed E-state index contributed by atoms with van der Waals surface area (Å²) >= 11 is 6.09. The Morgan fingerprint density at radius 3 is 2.50 bits per heavy atom. The number of fused-ring (bicyclic) bond motifs is 2. The lowest BCUT2D eigenvalue weighted by molar-refractivity contribution is -0.120. The monoisotopic (exact) mass is 470 g/mol. The minimum Gasteiger partial charge on any atom is -0.339 e. The first-order valence-electron chi connectivity index (χ1n) is 12.1. The molecular formula is C29H27ClN2O2. The third-order valence-corrected chi connectivity index (χ3v) is 7.95. The maximum atomic E-state index is 13.9. The molecule has 2 heterocycles. The number of rotatable bonds is 4. The van der Waals surface area contributed by atoms with Gasteiger partial charge in [0.1, 0.15) is 0 Å². The predicted octanol–water partition coefficient (Wildman–Crippen LogP) is 5.94. The number of nitrogens with zero attached hydrogens (tertiary/aromatic N) is 2. The van der Waals surface area contributed by atoms with Crippen molar-refractivity contribution in [2.24, 2.45) is 0 Å². The number of halogens is 1. The van der Waals surface area contributed by atoms with Crippen molar-refractivity contribution < 1.29 is 9.59 Å². The van der Waals surface area contributed by atoms with E-state index in [0.717, 1.165) is 54.7 Å². The van der Waals surface area contributed by atoms with Gasteiger partial charge in [-0.3, -0.25) is 9.59 Å². The lowest BCUT2D eigenvalue weighted by atomic mass is 9.92. The SMILES string of the molecule is O=C(c1cccc(CN2C(=O)[C@]3(CC3c3ccc(Cl)cc3)c3ccccc32)c1)N1CCCCC1. The van der Waals surface area contributed by atoms with Gasteiger partial charge in [0.25, 0.3) is 5.91 Å². The minimum atomic E-state index is -0.494. The zero-order valence-electron chi connectivity index (χ0n) is 19.0. The predicted molar refractivity (Wildman–Crippen MR) is 134 cm³/mol. The highest BCUT2D eigenvalue weighted by Gasteiger charge is 2.67. The molecule has 0 bridgehead atoms. The van der Waals surface area contributed by atoms with Crippen molar-refractivity contribution in [2.75, 3.05) is 18.0 Å². The molecule has 172 valence electrons. The fraction of sp³-hybridized carbons (Fsp3) is 0.310. The Morgan fingerprint density at radius 1 is 0.941 bits per heavy atom. The van der Waals surface area contributed by atoms with E-state index in [-0.39, 0.29) is 17.7 Å². The highest BCUT2D eigenvalue weighted by atomic mass is 35.5. The highest BCUT2D eigenvalue weighted by molar-refractivity contribution is 6.30. The summed E-state index contributed by atoms with van der Waals surface area (Å²) in [6.07, 6.45) is 4.15. The Labute approximate surface area is 205 Å². The standard InChI is InChI=1S/C29H27ClN2O2/c30-23-13-11-21(12-14-23)25-18-29(25)24-9-2-3-10-26(24)32(28(29)34)19-20-7-6-8-22(17-20)27(33)31-15-4-1-5-16-31/h2-3,6-14,17,25H,1,4-5,15-16,18-19H2/t25?,29-/m1/s1. The molecule has 0 aromatic heterocycles. The molecule has 1 unspecified atom stereocenters. The van der Waals surface area contributed by atoms with Gasteiger partial charge in [-0.2, -0.15) is 0 Å². The van der Waals surface area contributed by atoms with Crippen molar-refractivity contribution in [1.82, 2.24) is 4.90 Å². The van der Waals surface area contributed by atoms with E-state index in [1.54, 1.807) is 0 Å². The van der Waals surface area contributed by atoms with Gasteiger partial charge in [-0.25, -0.2) is 0 Å². The van der Waals surface area contributed by atoms with Crippen LogP contribution in [0.5, 0.6) is 0 Å². The second kappa shape index (κ2) is 8.28. The number of carbonyl (C=O) groups excluding carboxylic acids is 2. The molecule has 6 rings (SSSR count). The largest absolute Gasteiger partial charge is 0.339 e. The number of amides is 2. The number of piperidine rings is 1. The molecule has 2 amide bonds. The van der Waals surface area contributed by atoms with Gasteiger partial charge in [0, 0.05) is 35.3 Å². The Hall–Kier alpha value is -3.11. The molecule has 1 saturated carbocycles. The van der Waals surface area contributed by atoms with Crippen molar-refractivity contribution in [3.05, 3.63) is 100 Å². The van der Waals surface area contributed by atoms with Crippen molar-refractivity contribution in [1.29, 1.82) is 0 Å². The van der Waals surface area contributed by atoms with Crippen molar-refractivity contribution in [2.45, 2.75) is 43.6 Å². The average molecular weight is 471 g/mol. The number of likely N-dealkylation sites (tertiary alicyclic amines) is 1. The van der Waals surface area contributed by atoms with E-state index in [1.807, 2.05) is 76.5 Å². The smallest absolute Gasteiger partial charge is 0.253 e. The Kier molecular flexibility index (Phi) is 5.22. The molecule has 1 aliphatic carbocycles. The molecule has 2 aliphatic heterocycles. The number of para-hydroxylation sites is 1. The minimum absolute atomic E-state index is 0.0937. The van der Waals surface area contributed by atoms with E-state index in [0.29, 0.717) is 17.1 Å². The van der Waals surface area contributed by atoms with Gasteiger partial charge in [-0.05, 0) is 72.7 Å². The summed E-state index contributed by atoms with van der Waals surface area (Å²) in [5, 5.41) is 0.706. The van der Waals surface area contributed by atoms with Crippen molar-refractivity contribution in [3.8, 4) is 0 Å². The Morgan fingerprint density at radius 2 is 1.71 bits per heavy atom. The Balaban J connectivity index is 1.28. The molecule has 0 N–H and O–H groups in total. The summed E-state index contributed by atoms with van der Waals surface area (Å²) in [5.74, 6) is 0.410. The third kappa shape index (κ3) is 3.43. The number of hydrogen-bond acceptors (Lipinski definition) is 2.